The van der Waals surface area contributed by atoms with E-state index in [1.165, 1.54) is 0 Å². The van der Waals surface area contributed by atoms with Crippen LogP contribution in [0.2, 0.25) is 0 Å². The second kappa shape index (κ2) is 8.02. The molecular weight excluding hydrogens is 392 g/mol. The van der Waals surface area contributed by atoms with Crippen molar-refractivity contribution in [1.82, 2.24) is 40.5 Å². The molecule has 1 saturated carbocycles. The van der Waals surface area contributed by atoms with Crippen LogP contribution < -0.4 is 5.32 Å². The first-order chi connectivity index (χ1) is 15.2. The Hall–Kier alpha value is -4.01. The predicted octanol–water partition coefficient (Wildman–Crippen LogP) is 2.63. The lowest BCUT2D eigenvalue weighted by Crippen LogP contribution is -2.23. The summed E-state index contributed by atoms with van der Waals surface area (Å²) in [6.07, 6.45) is 7.22. The number of carbonyl (C=O) groups excluding carboxylic acids is 1. The number of rotatable bonds is 6. The van der Waals surface area contributed by atoms with Gasteiger partial charge in [0.05, 0.1) is 35.5 Å². The standard InChI is InChI=1S/C22H20N8O/c1-14-11-25-18(12-24-14)13-26-22(31)17-8-16(20-4-2-3-7-23-20)9-19(10-17)30-21(15-5-6-15)27-28-29-30/h2-4,7-12,15H,5-6,13H2,1H3,(H,26,31). The first-order valence-electron chi connectivity index (χ1n) is 10.1. The quantitative estimate of drug-likeness (QED) is 0.518. The van der Waals surface area contributed by atoms with Gasteiger partial charge in [0.15, 0.2) is 5.82 Å². The van der Waals surface area contributed by atoms with Gasteiger partial charge in [-0.1, -0.05) is 6.07 Å². The molecule has 31 heavy (non-hydrogen) atoms. The topological polar surface area (TPSA) is 111 Å². The minimum absolute atomic E-state index is 0.220. The van der Waals surface area contributed by atoms with E-state index in [-0.39, 0.29) is 12.5 Å². The molecule has 154 valence electrons. The van der Waals surface area contributed by atoms with Gasteiger partial charge in [0, 0.05) is 29.4 Å². The second-order valence-corrected chi connectivity index (χ2v) is 7.54. The Morgan fingerprint density at radius 1 is 1.13 bits per heavy atom. The van der Waals surface area contributed by atoms with Gasteiger partial charge in [-0.05, 0) is 60.5 Å². The molecule has 1 fully saturated rings. The lowest BCUT2D eigenvalue weighted by molar-refractivity contribution is 0.0950. The molecule has 0 aliphatic heterocycles. The molecule has 5 rings (SSSR count). The van der Waals surface area contributed by atoms with E-state index in [0.717, 1.165) is 41.3 Å². The van der Waals surface area contributed by atoms with Gasteiger partial charge in [-0.25, -0.2) is 0 Å². The fourth-order valence-corrected chi connectivity index (χ4v) is 3.30. The smallest absolute Gasteiger partial charge is 0.251 e. The summed E-state index contributed by atoms with van der Waals surface area (Å²) in [5.41, 5.74) is 4.33. The normalized spacial score (nSPS) is 13.2. The Kier molecular flexibility index (Phi) is 4.91. The summed E-state index contributed by atoms with van der Waals surface area (Å²) in [5.74, 6) is 0.966. The Morgan fingerprint density at radius 2 is 2.03 bits per heavy atom. The van der Waals surface area contributed by atoms with Crippen LogP contribution >= 0.6 is 0 Å². The largest absolute Gasteiger partial charge is 0.346 e. The third-order valence-corrected chi connectivity index (χ3v) is 5.09. The first-order valence-corrected chi connectivity index (χ1v) is 10.1. The van der Waals surface area contributed by atoms with E-state index in [4.69, 9.17) is 0 Å². The number of tetrazole rings is 1. The molecule has 0 spiro atoms. The fourth-order valence-electron chi connectivity index (χ4n) is 3.30. The third kappa shape index (κ3) is 4.16. The highest BCUT2D eigenvalue weighted by atomic mass is 16.1. The molecule has 3 aromatic heterocycles. The van der Waals surface area contributed by atoms with Crippen LogP contribution in [0, 0.1) is 6.92 Å². The number of hydrogen-bond donors (Lipinski definition) is 1. The Labute approximate surface area is 178 Å². The average molecular weight is 412 g/mol. The van der Waals surface area contributed by atoms with Crippen LogP contribution in [0.4, 0.5) is 0 Å². The molecule has 4 aromatic rings. The number of benzene rings is 1. The Morgan fingerprint density at radius 3 is 2.77 bits per heavy atom. The summed E-state index contributed by atoms with van der Waals surface area (Å²) in [5, 5.41) is 15.1. The van der Waals surface area contributed by atoms with Crippen LogP contribution in [0.1, 0.15) is 46.3 Å². The van der Waals surface area contributed by atoms with Gasteiger partial charge in [-0.3, -0.25) is 19.7 Å². The van der Waals surface area contributed by atoms with Crippen molar-refractivity contribution in [3.63, 3.8) is 0 Å². The molecule has 1 N–H and O–H groups in total. The van der Waals surface area contributed by atoms with Crippen LogP contribution in [-0.4, -0.2) is 41.1 Å². The van der Waals surface area contributed by atoms with E-state index >= 15 is 0 Å². The van der Waals surface area contributed by atoms with Gasteiger partial charge in [0.2, 0.25) is 0 Å². The number of aromatic nitrogens is 7. The number of aryl methyl sites for hydroxylation is 1. The van der Waals surface area contributed by atoms with Crippen molar-refractivity contribution >= 4 is 5.91 Å². The van der Waals surface area contributed by atoms with Crippen molar-refractivity contribution in [1.29, 1.82) is 0 Å². The molecule has 1 aliphatic carbocycles. The summed E-state index contributed by atoms with van der Waals surface area (Å²) in [7, 11) is 0. The lowest BCUT2D eigenvalue weighted by atomic mass is 10.0. The van der Waals surface area contributed by atoms with E-state index in [9.17, 15) is 4.79 Å². The van der Waals surface area contributed by atoms with Gasteiger partial charge in [0.1, 0.15) is 0 Å². The first kappa shape index (κ1) is 19.0. The Balaban J connectivity index is 1.49. The highest BCUT2D eigenvalue weighted by Gasteiger charge is 2.30. The molecule has 1 amide bonds. The summed E-state index contributed by atoms with van der Waals surface area (Å²) in [6.45, 7) is 2.16. The second-order valence-electron chi connectivity index (χ2n) is 7.54. The lowest BCUT2D eigenvalue weighted by Gasteiger charge is -2.11. The van der Waals surface area contributed by atoms with Crippen molar-refractivity contribution in [2.75, 3.05) is 0 Å². The highest BCUT2D eigenvalue weighted by Crippen LogP contribution is 2.39. The molecule has 0 bridgehead atoms. The number of hydrogen-bond acceptors (Lipinski definition) is 7. The molecular formula is C22H20N8O. The van der Waals surface area contributed by atoms with Crippen molar-refractivity contribution in [2.24, 2.45) is 0 Å². The zero-order chi connectivity index (χ0) is 21.2. The maximum Gasteiger partial charge on any atom is 0.251 e. The number of carbonyl (C=O) groups is 1. The van der Waals surface area contributed by atoms with Gasteiger partial charge in [0.25, 0.3) is 5.91 Å². The molecule has 1 aromatic carbocycles. The summed E-state index contributed by atoms with van der Waals surface area (Å²) < 4.78 is 1.71. The van der Waals surface area contributed by atoms with Crippen LogP contribution in [0.15, 0.2) is 55.0 Å². The molecule has 3 heterocycles. The van der Waals surface area contributed by atoms with Gasteiger partial charge >= 0.3 is 0 Å². The van der Waals surface area contributed by atoms with Crippen molar-refractivity contribution in [3.05, 3.63) is 77.8 Å². The van der Waals surface area contributed by atoms with Gasteiger partial charge in [-0.15, -0.1) is 5.10 Å². The molecule has 0 atom stereocenters. The fraction of sp³-hybridized carbons (Fsp3) is 0.227. The highest BCUT2D eigenvalue weighted by molar-refractivity contribution is 5.96. The van der Waals surface area contributed by atoms with Crippen molar-refractivity contribution < 1.29 is 4.79 Å². The number of amides is 1. The van der Waals surface area contributed by atoms with E-state index < -0.39 is 0 Å². The SMILES string of the molecule is Cc1cnc(CNC(=O)c2cc(-c3ccccn3)cc(-n3nnnc3C3CC3)c2)cn1. The minimum atomic E-state index is -0.220. The van der Waals surface area contributed by atoms with Gasteiger partial charge < -0.3 is 5.32 Å². The molecule has 9 heteroatoms. The third-order valence-electron chi connectivity index (χ3n) is 5.09. The summed E-state index contributed by atoms with van der Waals surface area (Å²) in [4.78, 5) is 25.9. The number of nitrogens with zero attached hydrogens (tertiary/aromatic N) is 7. The summed E-state index contributed by atoms with van der Waals surface area (Å²) >= 11 is 0. The maximum atomic E-state index is 13.0. The minimum Gasteiger partial charge on any atom is -0.346 e. The van der Waals surface area contributed by atoms with Crippen LogP contribution in [0.3, 0.4) is 0 Å². The molecule has 0 unspecified atom stereocenters. The molecule has 0 saturated heterocycles. The molecule has 0 radical (unpaired) electrons. The van der Waals surface area contributed by atoms with Crippen LogP contribution in [0.25, 0.3) is 16.9 Å². The monoisotopic (exact) mass is 412 g/mol. The zero-order valence-corrected chi connectivity index (χ0v) is 16.9. The van der Waals surface area contributed by atoms with E-state index in [1.54, 1.807) is 29.3 Å². The van der Waals surface area contributed by atoms with Crippen molar-refractivity contribution in [3.8, 4) is 16.9 Å². The van der Waals surface area contributed by atoms with Crippen LogP contribution in [-0.2, 0) is 6.54 Å². The van der Waals surface area contributed by atoms with E-state index in [2.05, 4.69) is 35.8 Å². The predicted molar refractivity (Wildman–Crippen MR) is 112 cm³/mol. The zero-order valence-electron chi connectivity index (χ0n) is 16.9. The van der Waals surface area contributed by atoms with Crippen LogP contribution in [0.5, 0.6) is 0 Å². The molecule has 1 aliphatic rings. The number of pyridine rings is 1. The summed E-state index contributed by atoms with van der Waals surface area (Å²) in [6, 6.07) is 11.2. The van der Waals surface area contributed by atoms with E-state index in [0.29, 0.717) is 17.2 Å². The average Bonchev–Trinajstić information content (AvgIpc) is 3.54. The van der Waals surface area contributed by atoms with Gasteiger partial charge in [-0.2, -0.15) is 4.68 Å². The maximum absolute atomic E-state index is 13.0. The Bertz CT molecular complexity index is 1220. The molecule has 9 nitrogen and oxygen atoms in total. The van der Waals surface area contributed by atoms with E-state index in [1.807, 2.05) is 37.3 Å². The number of nitrogens with one attached hydrogen (secondary N) is 1. The van der Waals surface area contributed by atoms with Crippen molar-refractivity contribution in [2.45, 2.75) is 32.2 Å².